The summed E-state index contributed by atoms with van der Waals surface area (Å²) in [6.45, 7) is 2.16. The molecule has 0 aliphatic rings. The van der Waals surface area contributed by atoms with Crippen LogP contribution < -0.4 is 0 Å². The van der Waals surface area contributed by atoms with Crippen molar-refractivity contribution in [3.8, 4) is 0 Å². The highest BCUT2D eigenvalue weighted by Gasteiger charge is 2.09. The molecule has 0 saturated heterocycles. The zero-order valence-corrected chi connectivity index (χ0v) is 15.9. The van der Waals surface area contributed by atoms with Crippen LogP contribution in [0.1, 0.15) is 24.2 Å². The van der Waals surface area contributed by atoms with Gasteiger partial charge in [-0.15, -0.1) is 12.6 Å². The van der Waals surface area contributed by atoms with Gasteiger partial charge < -0.3 is 13.3 Å². The molecule has 0 aliphatic heterocycles. The van der Waals surface area contributed by atoms with Gasteiger partial charge in [-0.1, -0.05) is 61.2 Å². The number of hydrogen-bond donors (Lipinski definition) is 1. The quantitative estimate of drug-likeness (QED) is 0.479. The SMILES string of the molecule is CCC(SC(=S)S)c1ccccc1.CO[SiH](OC)OC. The molecule has 1 unspecified atom stereocenters. The van der Waals surface area contributed by atoms with Gasteiger partial charge in [-0.25, -0.2) is 0 Å². The molecule has 1 aromatic rings. The highest BCUT2D eigenvalue weighted by molar-refractivity contribution is 8.41. The Bertz CT molecular complexity index is 356. The predicted octanol–water partition coefficient (Wildman–Crippen LogP) is 3.73. The maximum absolute atomic E-state index is 4.97. The predicted molar refractivity (Wildman–Crippen MR) is 96.8 cm³/mol. The van der Waals surface area contributed by atoms with Gasteiger partial charge in [0.05, 0.1) is 0 Å². The first-order valence-corrected chi connectivity index (χ1v) is 9.26. The normalized spacial score (nSPS) is 11.7. The van der Waals surface area contributed by atoms with Gasteiger partial charge in [-0.05, 0) is 12.0 Å². The number of thiol groups is 1. The molecule has 0 N–H and O–H groups in total. The highest BCUT2D eigenvalue weighted by atomic mass is 32.2. The Kier molecular flexibility index (Phi) is 12.9. The molecule has 0 heterocycles. The summed E-state index contributed by atoms with van der Waals surface area (Å²) < 4.78 is 14.9. The van der Waals surface area contributed by atoms with Crippen molar-refractivity contribution in [1.82, 2.24) is 0 Å². The summed E-state index contributed by atoms with van der Waals surface area (Å²) in [5.74, 6) is 0. The molecule has 1 aromatic carbocycles. The van der Waals surface area contributed by atoms with Crippen molar-refractivity contribution >= 4 is 49.7 Å². The molecule has 1 rings (SSSR count). The molecule has 7 heteroatoms. The Morgan fingerprint density at radius 3 is 2.00 bits per heavy atom. The lowest BCUT2D eigenvalue weighted by molar-refractivity contribution is 0.163. The van der Waals surface area contributed by atoms with Crippen LogP contribution in [0.2, 0.25) is 0 Å². The van der Waals surface area contributed by atoms with Gasteiger partial charge in [-0.2, -0.15) is 0 Å². The zero-order valence-electron chi connectivity index (χ0n) is 12.2. The van der Waals surface area contributed by atoms with Crippen molar-refractivity contribution in [2.45, 2.75) is 18.6 Å². The summed E-state index contributed by atoms with van der Waals surface area (Å²) in [5.41, 5.74) is 1.33. The number of thioether (sulfide) groups is 1. The summed E-state index contributed by atoms with van der Waals surface area (Å²) in [6.07, 6.45) is 1.08. The van der Waals surface area contributed by atoms with E-state index < -0.39 is 9.53 Å². The smallest absolute Gasteiger partial charge is 0.379 e. The van der Waals surface area contributed by atoms with E-state index >= 15 is 0 Å². The average Bonchev–Trinajstić information content (AvgIpc) is 2.48. The molecule has 0 aromatic heterocycles. The Hall–Kier alpha value is 0.107. The Balaban J connectivity index is 0.000000441. The standard InChI is InChI=1S/C10H12S3.C3H10O3Si/c1-2-9(13-10(11)12)8-6-4-3-5-7-8;1-4-7(5-2)6-3/h3-7,9H,2H2,1H3,(H,11,12);7H,1-3H3. The number of rotatable bonds is 6. The van der Waals surface area contributed by atoms with Crippen LogP contribution >= 0.6 is 36.6 Å². The summed E-state index contributed by atoms with van der Waals surface area (Å²) in [6, 6.07) is 10.4. The van der Waals surface area contributed by atoms with Crippen molar-refractivity contribution in [3.63, 3.8) is 0 Å². The Labute approximate surface area is 138 Å². The van der Waals surface area contributed by atoms with E-state index in [0.717, 1.165) is 9.95 Å². The van der Waals surface area contributed by atoms with Gasteiger partial charge in [0.2, 0.25) is 0 Å². The van der Waals surface area contributed by atoms with Crippen molar-refractivity contribution in [3.05, 3.63) is 35.9 Å². The summed E-state index contributed by atoms with van der Waals surface area (Å²) >= 11 is 10.7. The minimum atomic E-state index is -1.67. The van der Waals surface area contributed by atoms with Crippen LogP contribution in [0.25, 0.3) is 0 Å². The van der Waals surface area contributed by atoms with Crippen LogP contribution in [0, 0.1) is 0 Å². The number of benzene rings is 1. The van der Waals surface area contributed by atoms with Crippen molar-refractivity contribution in [2.75, 3.05) is 21.3 Å². The van der Waals surface area contributed by atoms with Gasteiger partial charge in [0.15, 0.2) is 0 Å². The minimum Gasteiger partial charge on any atom is -0.379 e. The van der Waals surface area contributed by atoms with E-state index in [1.54, 1.807) is 33.1 Å². The molecular formula is C13H22O3S3Si. The van der Waals surface area contributed by atoms with E-state index in [-0.39, 0.29) is 0 Å². The van der Waals surface area contributed by atoms with Crippen LogP contribution in [0.5, 0.6) is 0 Å². The first kappa shape index (κ1) is 20.1. The van der Waals surface area contributed by atoms with Crippen LogP contribution in [-0.4, -0.2) is 34.4 Å². The van der Waals surface area contributed by atoms with E-state index in [0.29, 0.717) is 5.25 Å². The lowest BCUT2D eigenvalue weighted by Gasteiger charge is -2.12. The Morgan fingerprint density at radius 2 is 1.70 bits per heavy atom. The van der Waals surface area contributed by atoms with Gasteiger partial charge in [0.1, 0.15) is 3.53 Å². The number of thiocarbonyl (C=S) groups is 1. The summed E-state index contributed by atoms with van der Waals surface area (Å²) in [5, 5.41) is 0.450. The lowest BCUT2D eigenvalue weighted by atomic mass is 10.1. The van der Waals surface area contributed by atoms with Gasteiger partial charge in [-0.3, -0.25) is 0 Å². The summed E-state index contributed by atoms with van der Waals surface area (Å²) in [7, 11) is 3.05. The fourth-order valence-electron chi connectivity index (χ4n) is 1.47. The van der Waals surface area contributed by atoms with E-state index in [4.69, 9.17) is 25.5 Å². The van der Waals surface area contributed by atoms with E-state index in [1.165, 1.54) is 5.56 Å². The molecule has 0 radical (unpaired) electrons. The van der Waals surface area contributed by atoms with Crippen molar-refractivity contribution < 1.29 is 13.3 Å². The third-order valence-corrected chi connectivity index (χ3v) is 5.21. The molecule has 20 heavy (non-hydrogen) atoms. The maximum atomic E-state index is 4.97. The largest absolute Gasteiger partial charge is 0.483 e. The van der Waals surface area contributed by atoms with Gasteiger partial charge in [0, 0.05) is 26.6 Å². The number of hydrogen-bond acceptors (Lipinski definition) is 5. The lowest BCUT2D eigenvalue weighted by Crippen LogP contribution is -2.21. The van der Waals surface area contributed by atoms with E-state index in [2.05, 4.69) is 43.8 Å². The second kappa shape index (κ2) is 12.8. The maximum Gasteiger partial charge on any atom is 0.483 e. The first-order valence-electron chi connectivity index (χ1n) is 6.11. The van der Waals surface area contributed by atoms with Gasteiger partial charge in [0.25, 0.3) is 0 Å². The van der Waals surface area contributed by atoms with Crippen molar-refractivity contribution in [1.29, 1.82) is 0 Å². The van der Waals surface area contributed by atoms with Gasteiger partial charge >= 0.3 is 9.53 Å². The second-order valence-corrected chi connectivity index (χ2v) is 8.61. The fourth-order valence-corrected chi connectivity index (χ4v) is 3.48. The van der Waals surface area contributed by atoms with Crippen LogP contribution in [0.3, 0.4) is 0 Å². The van der Waals surface area contributed by atoms with Crippen molar-refractivity contribution in [2.24, 2.45) is 0 Å². The molecule has 0 amide bonds. The molecule has 1 atom stereocenters. The van der Waals surface area contributed by atoms with E-state index in [1.807, 2.05) is 6.07 Å². The molecule has 0 aliphatic carbocycles. The minimum absolute atomic E-state index is 0.450. The molecule has 0 bridgehead atoms. The molecule has 114 valence electrons. The van der Waals surface area contributed by atoms with Crippen LogP contribution in [-0.2, 0) is 13.3 Å². The first-order chi connectivity index (χ1) is 9.58. The molecule has 0 fully saturated rings. The fraction of sp³-hybridized carbons (Fsp3) is 0.462. The topological polar surface area (TPSA) is 27.7 Å². The monoisotopic (exact) mass is 350 g/mol. The molecule has 0 saturated carbocycles. The van der Waals surface area contributed by atoms with Crippen LogP contribution in [0.15, 0.2) is 30.3 Å². The average molecular weight is 351 g/mol. The highest BCUT2D eigenvalue weighted by Crippen LogP contribution is 2.33. The molecule has 3 nitrogen and oxygen atoms in total. The van der Waals surface area contributed by atoms with E-state index in [9.17, 15) is 0 Å². The third kappa shape index (κ3) is 9.12. The Morgan fingerprint density at radius 1 is 1.20 bits per heavy atom. The second-order valence-electron chi connectivity index (χ2n) is 3.69. The molecular weight excluding hydrogens is 328 g/mol. The summed E-state index contributed by atoms with van der Waals surface area (Å²) in [4.78, 5) is 0. The molecule has 0 spiro atoms. The van der Waals surface area contributed by atoms with Crippen LogP contribution in [0.4, 0.5) is 0 Å². The zero-order chi connectivity index (χ0) is 15.4. The third-order valence-electron chi connectivity index (χ3n) is 2.36.